The molecule has 0 amide bonds. The molecule has 1 aliphatic heterocycles. The second-order valence-corrected chi connectivity index (χ2v) is 6.01. The summed E-state index contributed by atoms with van der Waals surface area (Å²) >= 11 is 5.57. The molecule has 24 heavy (non-hydrogen) atoms. The van der Waals surface area contributed by atoms with Gasteiger partial charge in [0.05, 0.1) is 23.8 Å². The number of ether oxygens (including phenoxy) is 1. The molecule has 0 saturated carbocycles. The molecule has 124 valence electrons. The molecular weight excluding hydrogens is 326 g/mol. The molecule has 0 saturated heterocycles. The highest BCUT2D eigenvalue weighted by Crippen LogP contribution is 2.34. The first-order chi connectivity index (χ1) is 11.5. The van der Waals surface area contributed by atoms with Gasteiger partial charge in [0.25, 0.3) is 5.69 Å². The number of non-ortho nitro benzene ring substituents is 1. The minimum Gasteiger partial charge on any atom is -0.494 e. The standard InChI is InChI=1S/C17H17N3O3S/c1-11-9-12-5-3-4-6-15(12)19(11)17(24)18-14-8-7-13(20(21)22)10-16(14)23-2/h3-8,10-11H,9H2,1-2H3,(H,18,24). The summed E-state index contributed by atoms with van der Waals surface area (Å²) in [7, 11) is 1.47. The van der Waals surface area contributed by atoms with Crippen molar-refractivity contribution in [3.05, 3.63) is 58.1 Å². The van der Waals surface area contributed by atoms with Crippen LogP contribution in [0.2, 0.25) is 0 Å². The molecule has 1 aliphatic rings. The third-order valence-electron chi connectivity index (χ3n) is 4.06. The fraction of sp³-hybridized carbons (Fsp3) is 0.235. The number of anilines is 2. The fourth-order valence-corrected chi connectivity index (χ4v) is 3.34. The van der Waals surface area contributed by atoms with E-state index < -0.39 is 4.92 Å². The molecule has 0 radical (unpaired) electrons. The van der Waals surface area contributed by atoms with Gasteiger partial charge in [-0.2, -0.15) is 0 Å². The van der Waals surface area contributed by atoms with Crippen LogP contribution in [0.3, 0.4) is 0 Å². The molecule has 0 fully saturated rings. The maximum atomic E-state index is 10.9. The van der Waals surface area contributed by atoms with Crippen LogP contribution in [0.4, 0.5) is 17.1 Å². The number of methoxy groups -OCH3 is 1. The normalized spacial score (nSPS) is 15.8. The number of thiocarbonyl (C=S) groups is 1. The van der Waals surface area contributed by atoms with Gasteiger partial charge < -0.3 is 15.0 Å². The van der Waals surface area contributed by atoms with Gasteiger partial charge in [-0.1, -0.05) is 18.2 Å². The Hall–Kier alpha value is -2.67. The van der Waals surface area contributed by atoms with E-state index in [1.165, 1.54) is 24.8 Å². The predicted octanol–water partition coefficient (Wildman–Crippen LogP) is 3.75. The van der Waals surface area contributed by atoms with Crippen LogP contribution in [0.25, 0.3) is 0 Å². The lowest BCUT2D eigenvalue weighted by molar-refractivity contribution is -0.384. The highest BCUT2D eigenvalue weighted by molar-refractivity contribution is 7.80. The third-order valence-corrected chi connectivity index (χ3v) is 4.36. The van der Waals surface area contributed by atoms with Crippen molar-refractivity contribution in [1.29, 1.82) is 0 Å². The Kier molecular flexibility index (Phi) is 4.35. The molecule has 7 heteroatoms. The number of nitro groups is 1. The first kappa shape index (κ1) is 16.2. The molecule has 1 N–H and O–H groups in total. The van der Waals surface area contributed by atoms with Crippen LogP contribution >= 0.6 is 12.2 Å². The molecule has 0 spiro atoms. The van der Waals surface area contributed by atoms with Gasteiger partial charge in [0.2, 0.25) is 0 Å². The van der Waals surface area contributed by atoms with Crippen molar-refractivity contribution in [3.63, 3.8) is 0 Å². The van der Waals surface area contributed by atoms with E-state index in [9.17, 15) is 10.1 Å². The van der Waals surface area contributed by atoms with Gasteiger partial charge in [-0.3, -0.25) is 10.1 Å². The first-order valence-corrected chi connectivity index (χ1v) is 7.92. The summed E-state index contributed by atoms with van der Waals surface area (Å²) in [6, 6.07) is 12.8. The lowest BCUT2D eigenvalue weighted by atomic mass is 10.1. The fourth-order valence-electron chi connectivity index (χ4n) is 2.95. The Balaban J connectivity index is 1.86. The molecule has 1 heterocycles. The number of nitrogens with one attached hydrogen (secondary N) is 1. The van der Waals surface area contributed by atoms with Gasteiger partial charge >= 0.3 is 0 Å². The summed E-state index contributed by atoms with van der Waals surface area (Å²) in [4.78, 5) is 12.5. The number of para-hydroxylation sites is 1. The number of benzene rings is 2. The second kappa shape index (κ2) is 6.45. The largest absolute Gasteiger partial charge is 0.494 e. The van der Waals surface area contributed by atoms with E-state index in [1.807, 2.05) is 18.2 Å². The summed E-state index contributed by atoms with van der Waals surface area (Å²) in [5, 5.41) is 14.6. The van der Waals surface area contributed by atoms with E-state index in [-0.39, 0.29) is 11.7 Å². The smallest absolute Gasteiger partial charge is 0.273 e. The molecule has 0 aliphatic carbocycles. The monoisotopic (exact) mass is 343 g/mol. The Morgan fingerprint density at radius 2 is 2.12 bits per heavy atom. The maximum absolute atomic E-state index is 10.9. The van der Waals surface area contributed by atoms with Crippen molar-refractivity contribution in [2.45, 2.75) is 19.4 Å². The quantitative estimate of drug-likeness (QED) is 0.520. The Morgan fingerprint density at radius 3 is 2.83 bits per heavy atom. The van der Waals surface area contributed by atoms with E-state index in [0.717, 1.165) is 12.1 Å². The Morgan fingerprint density at radius 1 is 1.38 bits per heavy atom. The number of rotatable bonds is 3. The van der Waals surface area contributed by atoms with Crippen LogP contribution in [0.15, 0.2) is 42.5 Å². The van der Waals surface area contributed by atoms with E-state index in [2.05, 4.69) is 23.2 Å². The van der Waals surface area contributed by atoms with Crippen LogP contribution in [0.1, 0.15) is 12.5 Å². The molecule has 3 rings (SSSR count). The van der Waals surface area contributed by atoms with Crippen molar-refractivity contribution in [3.8, 4) is 5.75 Å². The third kappa shape index (κ3) is 2.90. The summed E-state index contributed by atoms with van der Waals surface area (Å²) in [5.41, 5.74) is 2.92. The summed E-state index contributed by atoms with van der Waals surface area (Å²) in [6.45, 7) is 2.11. The van der Waals surface area contributed by atoms with Gasteiger partial charge in [-0.05, 0) is 43.3 Å². The molecule has 2 aromatic rings. The second-order valence-electron chi connectivity index (χ2n) is 5.62. The molecule has 2 aromatic carbocycles. The van der Waals surface area contributed by atoms with Crippen molar-refractivity contribution < 1.29 is 9.66 Å². The SMILES string of the molecule is COc1cc([N+](=O)[O-])ccc1NC(=S)N1c2ccccc2CC1C. The van der Waals surface area contributed by atoms with Crippen molar-refractivity contribution in [1.82, 2.24) is 0 Å². The zero-order valence-corrected chi connectivity index (χ0v) is 14.2. The van der Waals surface area contributed by atoms with Crippen molar-refractivity contribution in [2.24, 2.45) is 0 Å². The van der Waals surface area contributed by atoms with E-state index in [0.29, 0.717) is 16.5 Å². The lowest BCUT2D eigenvalue weighted by Gasteiger charge is -2.26. The van der Waals surface area contributed by atoms with Gasteiger partial charge in [0.15, 0.2) is 5.11 Å². The van der Waals surface area contributed by atoms with Crippen LogP contribution in [-0.2, 0) is 6.42 Å². The van der Waals surface area contributed by atoms with Gasteiger partial charge in [0, 0.05) is 17.8 Å². The van der Waals surface area contributed by atoms with Gasteiger partial charge in [0.1, 0.15) is 5.75 Å². The lowest BCUT2D eigenvalue weighted by Crippen LogP contribution is -2.38. The summed E-state index contributed by atoms with van der Waals surface area (Å²) in [6.07, 6.45) is 0.926. The van der Waals surface area contributed by atoms with Crippen LogP contribution in [0, 0.1) is 10.1 Å². The minimum atomic E-state index is -0.455. The van der Waals surface area contributed by atoms with Gasteiger partial charge in [-0.25, -0.2) is 0 Å². The molecule has 0 bridgehead atoms. The first-order valence-electron chi connectivity index (χ1n) is 7.52. The highest BCUT2D eigenvalue weighted by atomic mass is 32.1. The maximum Gasteiger partial charge on any atom is 0.273 e. The minimum absolute atomic E-state index is 0.0248. The number of nitro benzene ring substituents is 1. The number of hydrogen-bond donors (Lipinski definition) is 1. The van der Waals surface area contributed by atoms with Crippen LogP contribution in [-0.4, -0.2) is 23.2 Å². The topological polar surface area (TPSA) is 67.6 Å². The highest BCUT2D eigenvalue weighted by Gasteiger charge is 2.28. The Labute approximate surface area is 145 Å². The summed E-state index contributed by atoms with van der Waals surface area (Å²) < 4.78 is 5.25. The number of fused-ring (bicyclic) bond motifs is 1. The van der Waals surface area contributed by atoms with Crippen molar-refractivity contribution in [2.75, 3.05) is 17.3 Å². The molecule has 6 nitrogen and oxygen atoms in total. The van der Waals surface area contributed by atoms with E-state index >= 15 is 0 Å². The van der Waals surface area contributed by atoms with E-state index in [1.54, 1.807) is 6.07 Å². The van der Waals surface area contributed by atoms with E-state index in [4.69, 9.17) is 17.0 Å². The summed E-state index contributed by atoms with van der Waals surface area (Å²) in [5.74, 6) is 0.381. The van der Waals surface area contributed by atoms with Crippen LogP contribution in [0.5, 0.6) is 5.75 Å². The average Bonchev–Trinajstić information content (AvgIpc) is 2.90. The number of nitrogens with zero attached hydrogens (tertiary/aromatic N) is 2. The zero-order valence-electron chi connectivity index (χ0n) is 13.4. The molecule has 0 aromatic heterocycles. The molecule has 1 unspecified atom stereocenters. The molecule has 1 atom stereocenters. The predicted molar refractivity (Wildman–Crippen MR) is 98.0 cm³/mol. The van der Waals surface area contributed by atoms with Gasteiger partial charge in [-0.15, -0.1) is 0 Å². The zero-order chi connectivity index (χ0) is 17.3. The van der Waals surface area contributed by atoms with Crippen molar-refractivity contribution >= 4 is 34.4 Å². The average molecular weight is 343 g/mol. The van der Waals surface area contributed by atoms with Crippen LogP contribution < -0.4 is 15.0 Å². The Bertz CT molecular complexity index is 809. The molecular formula is C17H17N3O3S. The number of hydrogen-bond acceptors (Lipinski definition) is 4.